The molecular weight excluding hydrogens is 320 g/mol. The van der Waals surface area contributed by atoms with Gasteiger partial charge in [-0.3, -0.25) is 0 Å². The van der Waals surface area contributed by atoms with Crippen LogP contribution in [-0.2, 0) is 11.3 Å². The smallest absolute Gasteiger partial charge is 0.319 e. The number of aryl methyl sites for hydroxylation is 3. The average Bonchev–Trinajstić information content (AvgIpc) is 3.21. The zero-order valence-corrected chi connectivity index (χ0v) is 14.6. The molecule has 0 bridgehead atoms. The van der Waals surface area contributed by atoms with Gasteiger partial charge in [0.25, 0.3) is 0 Å². The molecule has 2 heterocycles. The van der Waals surface area contributed by atoms with Gasteiger partial charge in [-0.05, 0) is 19.4 Å². The largest absolute Gasteiger partial charge is 0.390 e. The predicted molar refractivity (Wildman–Crippen MR) is 94.8 cm³/mol. The number of hydrogen-bond acceptors (Lipinski definition) is 5. The maximum Gasteiger partial charge on any atom is 0.319 e. The molecular formula is C18H22N4O3. The lowest BCUT2D eigenvalue weighted by molar-refractivity contribution is 0.0870. The monoisotopic (exact) mass is 342 g/mol. The fourth-order valence-corrected chi connectivity index (χ4v) is 2.64. The van der Waals surface area contributed by atoms with Crippen molar-refractivity contribution in [2.24, 2.45) is 5.16 Å². The number of amides is 2. The summed E-state index contributed by atoms with van der Waals surface area (Å²) < 4.78 is 5.16. The first-order chi connectivity index (χ1) is 12.1. The standard InChI is InChI=1S/C18H22N4O3/c1-4-16-17(12(3)21-25-16)20-18(23)19-10-14-9-15(22-24-14)13-7-5-11(2)6-8-13/h5-8,14H,4,9-10H2,1-3H3,(H2,19,20,23)/t14-/m0/s1. The first kappa shape index (κ1) is 17.0. The molecule has 0 fully saturated rings. The van der Waals surface area contributed by atoms with E-state index in [2.05, 4.69) is 20.9 Å². The minimum atomic E-state index is -0.312. The molecule has 2 N–H and O–H groups in total. The third kappa shape index (κ3) is 3.99. The number of nitrogens with one attached hydrogen (secondary N) is 2. The molecule has 0 spiro atoms. The Balaban J connectivity index is 1.49. The van der Waals surface area contributed by atoms with Gasteiger partial charge >= 0.3 is 6.03 Å². The number of rotatable bonds is 5. The van der Waals surface area contributed by atoms with E-state index in [0.29, 0.717) is 36.5 Å². The number of oxime groups is 1. The van der Waals surface area contributed by atoms with E-state index in [-0.39, 0.29) is 12.1 Å². The molecule has 132 valence electrons. The number of hydrogen-bond donors (Lipinski definition) is 2. The molecule has 0 saturated carbocycles. The van der Waals surface area contributed by atoms with Gasteiger partial charge in [0.15, 0.2) is 11.9 Å². The Morgan fingerprint density at radius 3 is 2.76 bits per heavy atom. The van der Waals surface area contributed by atoms with Crippen LogP contribution in [0.2, 0.25) is 0 Å². The van der Waals surface area contributed by atoms with Gasteiger partial charge in [0.1, 0.15) is 11.4 Å². The van der Waals surface area contributed by atoms with Gasteiger partial charge in [0, 0.05) is 12.8 Å². The van der Waals surface area contributed by atoms with Gasteiger partial charge < -0.3 is 20.0 Å². The lowest BCUT2D eigenvalue weighted by atomic mass is 10.0. The molecule has 1 aliphatic heterocycles. The number of aromatic nitrogens is 1. The summed E-state index contributed by atoms with van der Waals surface area (Å²) in [6.07, 6.45) is 1.16. The van der Waals surface area contributed by atoms with Crippen molar-refractivity contribution in [1.82, 2.24) is 10.5 Å². The second-order valence-corrected chi connectivity index (χ2v) is 6.09. The van der Waals surface area contributed by atoms with Gasteiger partial charge in [0.2, 0.25) is 0 Å². The van der Waals surface area contributed by atoms with Crippen LogP contribution in [0.1, 0.15) is 35.9 Å². The van der Waals surface area contributed by atoms with Crippen LogP contribution in [0.3, 0.4) is 0 Å². The van der Waals surface area contributed by atoms with Crippen molar-refractivity contribution < 1.29 is 14.2 Å². The summed E-state index contributed by atoms with van der Waals surface area (Å²) in [7, 11) is 0. The van der Waals surface area contributed by atoms with E-state index in [1.165, 1.54) is 5.56 Å². The van der Waals surface area contributed by atoms with Gasteiger partial charge in [0.05, 0.1) is 12.3 Å². The molecule has 1 aromatic heterocycles. The van der Waals surface area contributed by atoms with Crippen LogP contribution < -0.4 is 10.6 Å². The average molecular weight is 342 g/mol. The van der Waals surface area contributed by atoms with Gasteiger partial charge in [-0.2, -0.15) is 0 Å². The first-order valence-electron chi connectivity index (χ1n) is 8.36. The van der Waals surface area contributed by atoms with Crippen LogP contribution in [-0.4, -0.2) is 29.5 Å². The Hall–Kier alpha value is -2.83. The highest BCUT2D eigenvalue weighted by Gasteiger charge is 2.23. The zero-order valence-electron chi connectivity index (χ0n) is 14.6. The Morgan fingerprint density at radius 1 is 1.28 bits per heavy atom. The van der Waals surface area contributed by atoms with E-state index in [4.69, 9.17) is 9.36 Å². The van der Waals surface area contributed by atoms with Crippen LogP contribution in [0.5, 0.6) is 0 Å². The summed E-state index contributed by atoms with van der Waals surface area (Å²) in [5.41, 5.74) is 4.44. The van der Waals surface area contributed by atoms with Crippen LogP contribution in [0.4, 0.5) is 10.5 Å². The van der Waals surface area contributed by atoms with Crippen molar-refractivity contribution in [3.05, 3.63) is 46.8 Å². The minimum absolute atomic E-state index is 0.170. The van der Waals surface area contributed by atoms with E-state index in [1.807, 2.05) is 38.1 Å². The molecule has 0 saturated heterocycles. The van der Waals surface area contributed by atoms with E-state index < -0.39 is 0 Å². The van der Waals surface area contributed by atoms with Crippen molar-refractivity contribution in [2.45, 2.75) is 39.7 Å². The number of carbonyl (C=O) groups is 1. The number of carbonyl (C=O) groups excluding carboxylic acids is 1. The van der Waals surface area contributed by atoms with Crippen molar-refractivity contribution in [3.63, 3.8) is 0 Å². The third-order valence-electron chi connectivity index (χ3n) is 4.10. The molecule has 1 atom stereocenters. The molecule has 1 aromatic carbocycles. The predicted octanol–water partition coefficient (Wildman–Crippen LogP) is 3.17. The summed E-state index contributed by atoms with van der Waals surface area (Å²) in [6.45, 7) is 6.15. The Bertz CT molecular complexity index is 780. The lowest BCUT2D eigenvalue weighted by Gasteiger charge is -2.11. The second-order valence-electron chi connectivity index (χ2n) is 6.09. The van der Waals surface area contributed by atoms with Crippen molar-refractivity contribution >= 4 is 17.4 Å². The van der Waals surface area contributed by atoms with E-state index in [1.54, 1.807) is 6.92 Å². The molecule has 7 heteroatoms. The van der Waals surface area contributed by atoms with Crippen molar-refractivity contribution in [1.29, 1.82) is 0 Å². The highest BCUT2D eigenvalue weighted by molar-refractivity contribution is 6.01. The van der Waals surface area contributed by atoms with Crippen molar-refractivity contribution in [3.8, 4) is 0 Å². The quantitative estimate of drug-likeness (QED) is 0.873. The van der Waals surface area contributed by atoms with Crippen molar-refractivity contribution in [2.75, 3.05) is 11.9 Å². The lowest BCUT2D eigenvalue weighted by Crippen LogP contribution is -2.35. The highest BCUT2D eigenvalue weighted by atomic mass is 16.6. The maximum absolute atomic E-state index is 12.1. The number of urea groups is 1. The molecule has 0 aliphatic carbocycles. The Labute approximate surface area is 146 Å². The Kier molecular flexibility index (Phi) is 5.02. The number of benzene rings is 1. The number of anilines is 1. The molecule has 0 unspecified atom stereocenters. The van der Waals surface area contributed by atoms with E-state index in [9.17, 15) is 4.79 Å². The molecule has 7 nitrogen and oxygen atoms in total. The summed E-state index contributed by atoms with van der Waals surface area (Å²) in [6, 6.07) is 7.84. The first-order valence-corrected chi connectivity index (χ1v) is 8.36. The van der Waals surface area contributed by atoms with Crippen LogP contribution in [0.15, 0.2) is 33.9 Å². The van der Waals surface area contributed by atoms with Crippen LogP contribution >= 0.6 is 0 Å². The molecule has 2 aromatic rings. The molecule has 0 radical (unpaired) electrons. The Morgan fingerprint density at radius 2 is 2.04 bits per heavy atom. The molecule has 25 heavy (non-hydrogen) atoms. The topological polar surface area (TPSA) is 88.8 Å². The number of nitrogens with zero attached hydrogens (tertiary/aromatic N) is 2. The third-order valence-corrected chi connectivity index (χ3v) is 4.10. The SMILES string of the molecule is CCc1onc(C)c1NC(=O)NC[C@@H]1CC(c2ccc(C)cc2)=NO1. The molecule has 2 amide bonds. The molecule has 1 aliphatic rings. The highest BCUT2D eigenvalue weighted by Crippen LogP contribution is 2.20. The molecule has 3 rings (SSSR count). The fraction of sp³-hybridized carbons (Fsp3) is 0.389. The minimum Gasteiger partial charge on any atom is -0.390 e. The van der Waals surface area contributed by atoms with Gasteiger partial charge in [-0.1, -0.05) is 47.1 Å². The zero-order chi connectivity index (χ0) is 17.8. The second kappa shape index (κ2) is 7.38. The van der Waals surface area contributed by atoms with E-state index in [0.717, 1.165) is 11.3 Å². The summed E-state index contributed by atoms with van der Waals surface area (Å²) >= 11 is 0. The maximum atomic E-state index is 12.1. The van der Waals surface area contributed by atoms with Gasteiger partial charge in [-0.15, -0.1) is 0 Å². The normalized spacial score (nSPS) is 16.3. The van der Waals surface area contributed by atoms with Crippen LogP contribution in [0.25, 0.3) is 0 Å². The van der Waals surface area contributed by atoms with Crippen LogP contribution in [0, 0.1) is 13.8 Å². The van der Waals surface area contributed by atoms with E-state index >= 15 is 0 Å². The summed E-state index contributed by atoms with van der Waals surface area (Å²) in [5.74, 6) is 0.662. The fourth-order valence-electron chi connectivity index (χ4n) is 2.64. The summed E-state index contributed by atoms with van der Waals surface area (Å²) in [5, 5.41) is 13.6. The summed E-state index contributed by atoms with van der Waals surface area (Å²) in [4.78, 5) is 17.5. The van der Waals surface area contributed by atoms with Gasteiger partial charge in [-0.25, -0.2) is 4.79 Å².